The molecule has 1 rings (SSSR count). The van der Waals surface area contributed by atoms with Crippen LogP contribution in [-0.2, 0) is 19.9 Å². The summed E-state index contributed by atoms with van der Waals surface area (Å²) in [5.41, 5.74) is 1.04. The first-order valence-corrected chi connectivity index (χ1v) is 8.81. The molecule has 0 spiro atoms. The van der Waals surface area contributed by atoms with Gasteiger partial charge in [0.2, 0.25) is 0 Å². The second-order valence-electron chi connectivity index (χ2n) is 7.89. The van der Waals surface area contributed by atoms with Crippen LogP contribution in [0.5, 0.6) is 11.5 Å². The lowest BCUT2D eigenvalue weighted by Crippen LogP contribution is -2.17. The van der Waals surface area contributed by atoms with Gasteiger partial charge >= 0.3 is 8.25 Å². The van der Waals surface area contributed by atoms with Crippen LogP contribution in [-0.4, -0.2) is 11.2 Å². The maximum Gasteiger partial charge on any atom is 0.368 e. The molecule has 1 N–H and O–H groups in total. The first kappa shape index (κ1) is 19.1. The third-order valence-electron chi connectivity index (χ3n) is 3.23. The number of phenols is 1. The smallest absolute Gasteiger partial charge is 0.368 e. The summed E-state index contributed by atoms with van der Waals surface area (Å²) in [6.07, 6.45) is -0.160. The van der Waals surface area contributed by atoms with Crippen LogP contribution < -0.4 is 4.52 Å². The van der Waals surface area contributed by atoms with Crippen LogP contribution in [0, 0.1) is 0 Å². The molecule has 1 aromatic carbocycles. The fraction of sp³-hybridized carbons (Fsp3) is 0.647. The minimum absolute atomic E-state index is 0.160. The van der Waals surface area contributed by atoms with E-state index >= 15 is 0 Å². The highest BCUT2D eigenvalue weighted by molar-refractivity contribution is 7.33. The average molecular weight is 328 g/mol. The lowest BCUT2D eigenvalue weighted by atomic mass is 9.79. The minimum Gasteiger partial charge on any atom is -0.507 e. The standard InChI is InChI=1S/C17H29O4P/c1-11(2)20-22(19)21-12-9-13(16(3,4)5)15(18)14(10-12)17(6,7)8/h9-11,18,22H,1-8H3. The lowest BCUT2D eigenvalue weighted by Gasteiger charge is -2.28. The molecule has 0 fully saturated rings. The minimum atomic E-state index is -2.61. The predicted octanol–water partition coefficient (Wildman–Crippen LogP) is 5.18. The molecule has 22 heavy (non-hydrogen) atoms. The summed E-state index contributed by atoms with van der Waals surface area (Å²) in [4.78, 5) is 0. The van der Waals surface area contributed by atoms with E-state index in [1.165, 1.54) is 0 Å². The Morgan fingerprint density at radius 1 is 1.00 bits per heavy atom. The van der Waals surface area contributed by atoms with E-state index in [1.54, 1.807) is 12.1 Å². The van der Waals surface area contributed by atoms with Crippen LogP contribution in [0.2, 0.25) is 0 Å². The maximum atomic E-state index is 11.9. The number of rotatable bonds is 4. The summed E-state index contributed by atoms with van der Waals surface area (Å²) < 4.78 is 22.6. The van der Waals surface area contributed by atoms with Gasteiger partial charge in [-0.25, -0.2) is 4.57 Å². The summed E-state index contributed by atoms with van der Waals surface area (Å²) in [5.74, 6) is 0.744. The summed E-state index contributed by atoms with van der Waals surface area (Å²) in [5, 5.41) is 10.6. The number of hydrogen-bond acceptors (Lipinski definition) is 4. The molecular weight excluding hydrogens is 299 g/mol. The molecule has 0 bridgehead atoms. The zero-order valence-corrected chi connectivity index (χ0v) is 15.9. The Morgan fingerprint density at radius 3 is 1.73 bits per heavy atom. The van der Waals surface area contributed by atoms with Gasteiger partial charge in [0.25, 0.3) is 0 Å². The summed E-state index contributed by atoms with van der Waals surface area (Å²) >= 11 is 0. The highest BCUT2D eigenvalue weighted by Gasteiger charge is 2.27. The first-order chi connectivity index (χ1) is 9.82. The summed E-state index contributed by atoms with van der Waals surface area (Å²) in [7, 11) is -2.61. The van der Waals surface area contributed by atoms with Crippen LogP contribution in [0.15, 0.2) is 12.1 Å². The molecule has 0 heterocycles. The Bertz CT molecular complexity index is 516. The van der Waals surface area contributed by atoms with Crippen molar-refractivity contribution in [1.82, 2.24) is 0 Å². The molecule has 1 aromatic rings. The Hall–Kier alpha value is -0.990. The van der Waals surface area contributed by atoms with Crippen molar-refractivity contribution in [2.24, 2.45) is 0 Å². The quantitative estimate of drug-likeness (QED) is 0.774. The van der Waals surface area contributed by atoms with Crippen LogP contribution >= 0.6 is 8.25 Å². The third kappa shape index (κ3) is 5.03. The van der Waals surface area contributed by atoms with Gasteiger partial charge in [-0.3, -0.25) is 4.52 Å². The number of aromatic hydroxyl groups is 1. The molecule has 0 aliphatic heterocycles. The Kier molecular flexibility index (Phi) is 5.75. The molecule has 0 saturated carbocycles. The molecule has 4 nitrogen and oxygen atoms in total. The van der Waals surface area contributed by atoms with Gasteiger partial charge in [-0.2, -0.15) is 0 Å². The van der Waals surface area contributed by atoms with Gasteiger partial charge in [0.1, 0.15) is 11.5 Å². The molecule has 0 radical (unpaired) electrons. The van der Waals surface area contributed by atoms with Crippen molar-refractivity contribution >= 4 is 8.25 Å². The lowest BCUT2D eigenvalue weighted by molar-refractivity contribution is 0.226. The van der Waals surface area contributed by atoms with Crippen LogP contribution in [0.3, 0.4) is 0 Å². The van der Waals surface area contributed by atoms with Crippen molar-refractivity contribution in [1.29, 1.82) is 0 Å². The molecule has 0 saturated heterocycles. The molecule has 0 amide bonds. The Balaban J connectivity index is 3.33. The number of hydrogen-bond donors (Lipinski definition) is 1. The van der Waals surface area contributed by atoms with E-state index in [2.05, 4.69) is 0 Å². The van der Waals surface area contributed by atoms with E-state index in [0.717, 1.165) is 11.1 Å². The van der Waals surface area contributed by atoms with E-state index < -0.39 is 8.25 Å². The molecule has 0 aliphatic rings. The second-order valence-corrected chi connectivity index (χ2v) is 8.83. The number of benzene rings is 1. The van der Waals surface area contributed by atoms with Gasteiger partial charge in [0, 0.05) is 11.1 Å². The SMILES string of the molecule is CC(C)O[PH](=O)Oc1cc(C(C)(C)C)c(O)c(C(C)(C)C)c1. The van der Waals surface area contributed by atoms with E-state index in [4.69, 9.17) is 9.05 Å². The summed E-state index contributed by atoms with van der Waals surface area (Å²) in [6.45, 7) is 15.7. The molecular formula is C17H29O4P. The van der Waals surface area contributed by atoms with Gasteiger partial charge in [0.05, 0.1) is 6.10 Å². The van der Waals surface area contributed by atoms with Crippen molar-refractivity contribution in [2.45, 2.75) is 72.3 Å². The van der Waals surface area contributed by atoms with Crippen molar-refractivity contribution in [3.8, 4) is 11.5 Å². The topological polar surface area (TPSA) is 55.8 Å². The normalized spacial score (nSPS) is 14.2. The largest absolute Gasteiger partial charge is 0.507 e. The third-order valence-corrected chi connectivity index (χ3v) is 4.30. The highest BCUT2D eigenvalue weighted by atomic mass is 31.1. The second kappa shape index (κ2) is 6.64. The van der Waals surface area contributed by atoms with Gasteiger partial charge in [-0.05, 0) is 36.8 Å². The zero-order valence-electron chi connectivity index (χ0n) is 14.9. The maximum absolute atomic E-state index is 11.9. The van der Waals surface area contributed by atoms with Crippen molar-refractivity contribution in [2.75, 3.05) is 0 Å². The first-order valence-electron chi connectivity index (χ1n) is 7.59. The van der Waals surface area contributed by atoms with Gasteiger partial charge in [-0.15, -0.1) is 0 Å². The highest BCUT2D eigenvalue weighted by Crippen LogP contribution is 2.43. The van der Waals surface area contributed by atoms with Gasteiger partial charge < -0.3 is 9.63 Å². The molecule has 1 unspecified atom stereocenters. The van der Waals surface area contributed by atoms with E-state index in [9.17, 15) is 9.67 Å². The van der Waals surface area contributed by atoms with Crippen molar-refractivity contribution in [3.63, 3.8) is 0 Å². The monoisotopic (exact) mass is 328 g/mol. The Morgan fingerprint density at radius 2 is 1.41 bits per heavy atom. The van der Waals surface area contributed by atoms with Gasteiger partial charge in [0.15, 0.2) is 0 Å². The molecule has 5 heteroatoms. The van der Waals surface area contributed by atoms with E-state index in [1.807, 2.05) is 55.4 Å². The van der Waals surface area contributed by atoms with Crippen molar-refractivity contribution < 1.29 is 18.7 Å². The van der Waals surface area contributed by atoms with Crippen LogP contribution in [0.4, 0.5) is 0 Å². The number of phenolic OH excluding ortho intramolecular Hbond substituents is 1. The molecule has 126 valence electrons. The predicted molar refractivity (Wildman–Crippen MR) is 91.4 cm³/mol. The Labute approximate surface area is 134 Å². The zero-order chi connectivity index (χ0) is 17.3. The molecule has 0 aromatic heterocycles. The fourth-order valence-electron chi connectivity index (χ4n) is 2.12. The van der Waals surface area contributed by atoms with E-state index in [-0.39, 0.29) is 22.7 Å². The van der Waals surface area contributed by atoms with Crippen LogP contribution in [0.25, 0.3) is 0 Å². The van der Waals surface area contributed by atoms with Crippen LogP contribution in [0.1, 0.15) is 66.5 Å². The van der Waals surface area contributed by atoms with Gasteiger partial charge in [-0.1, -0.05) is 41.5 Å². The molecule has 1 atom stereocenters. The summed E-state index contributed by atoms with van der Waals surface area (Å²) in [6, 6.07) is 3.49. The average Bonchev–Trinajstić information content (AvgIpc) is 2.26. The molecule has 0 aliphatic carbocycles. The fourth-order valence-corrected chi connectivity index (χ4v) is 2.87. The van der Waals surface area contributed by atoms with E-state index in [0.29, 0.717) is 5.75 Å². The van der Waals surface area contributed by atoms with Crippen molar-refractivity contribution in [3.05, 3.63) is 23.3 Å².